The third-order valence-corrected chi connectivity index (χ3v) is 2.72. The van der Waals surface area contributed by atoms with Crippen molar-refractivity contribution in [1.29, 1.82) is 0 Å². The van der Waals surface area contributed by atoms with Crippen LogP contribution < -0.4 is 5.32 Å². The molecule has 0 atom stereocenters. The van der Waals surface area contributed by atoms with Gasteiger partial charge < -0.3 is 10.3 Å². The first kappa shape index (κ1) is 9.74. The lowest BCUT2D eigenvalue weighted by molar-refractivity contribution is 0.148. The zero-order valence-corrected chi connectivity index (χ0v) is 9.01. The van der Waals surface area contributed by atoms with E-state index in [1.165, 1.54) is 5.56 Å². The first-order valence-electron chi connectivity index (χ1n) is 5.25. The van der Waals surface area contributed by atoms with E-state index < -0.39 is 0 Å². The van der Waals surface area contributed by atoms with Gasteiger partial charge in [-0.15, -0.1) is 0 Å². The van der Waals surface area contributed by atoms with Crippen LogP contribution in [0.1, 0.15) is 19.4 Å². The van der Waals surface area contributed by atoms with E-state index in [9.17, 15) is 0 Å². The molecule has 3 nitrogen and oxygen atoms in total. The lowest BCUT2D eigenvalue weighted by Gasteiger charge is -2.39. The van der Waals surface area contributed by atoms with Gasteiger partial charge >= 0.3 is 0 Å². The van der Waals surface area contributed by atoms with Crippen LogP contribution in [0.4, 0.5) is 0 Å². The van der Waals surface area contributed by atoms with Gasteiger partial charge in [0.2, 0.25) is 0 Å². The molecule has 0 bridgehead atoms. The number of aromatic nitrogens is 1. The predicted molar refractivity (Wildman–Crippen MR) is 58.2 cm³/mol. The average molecular weight is 193 g/mol. The standard InChI is InChI=1S/C11H19N3/c1-11(2)9-14(6-5-13-11)8-10-3-4-12-7-10/h3-4,7,12-13H,5-6,8-9H2,1-2H3. The van der Waals surface area contributed by atoms with E-state index in [1.54, 1.807) is 0 Å². The fourth-order valence-corrected chi connectivity index (χ4v) is 2.10. The molecule has 0 aliphatic carbocycles. The maximum absolute atomic E-state index is 3.52. The zero-order valence-electron chi connectivity index (χ0n) is 9.01. The summed E-state index contributed by atoms with van der Waals surface area (Å²) in [4.78, 5) is 5.60. The maximum Gasteiger partial charge on any atom is 0.0252 e. The highest BCUT2D eigenvalue weighted by Gasteiger charge is 2.25. The van der Waals surface area contributed by atoms with Crippen LogP contribution in [-0.2, 0) is 6.54 Å². The van der Waals surface area contributed by atoms with Gasteiger partial charge in [0.1, 0.15) is 0 Å². The van der Waals surface area contributed by atoms with Crippen molar-refractivity contribution in [3.8, 4) is 0 Å². The molecule has 3 heteroatoms. The Morgan fingerprint density at radius 2 is 2.36 bits per heavy atom. The van der Waals surface area contributed by atoms with Gasteiger partial charge in [-0.1, -0.05) is 0 Å². The second-order valence-electron chi connectivity index (χ2n) is 4.74. The molecular formula is C11H19N3. The number of nitrogens with one attached hydrogen (secondary N) is 2. The van der Waals surface area contributed by atoms with Crippen molar-refractivity contribution in [3.63, 3.8) is 0 Å². The molecule has 1 fully saturated rings. The summed E-state index contributed by atoms with van der Waals surface area (Å²) in [7, 11) is 0. The number of rotatable bonds is 2. The summed E-state index contributed by atoms with van der Waals surface area (Å²) in [5, 5.41) is 3.52. The lowest BCUT2D eigenvalue weighted by Crippen LogP contribution is -2.56. The van der Waals surface area contributed by atoms with Crippen LogP contribution in [0.3, 0.4) is 0 Å². The molecule has 2 N–H and O–H groups in total. The molecule has 1 aromatic rings. The fraction of sp³-hybridized carbons (Fsp3) is 0.636. The molecule has 1 aromatic heterocycles. The smallest absolute Gasteiger partial charge is 0.0252 e. The van der Waals surface area contributed by atoms with Crippen molar-refractivity contribution in [2.24, 2.45) is 0 Å². The molecule has 0 radical (unpaired) electrons. The summed E-state index contributed by atoms with van der Waals surface area (Å²) in [6, 6.07) is 2.15. The minimum atomic E-state index is 0.258. The van der Waals surface area contributed by atoms with Gasteiger partial charge in [-0.2, -0.15) is 0 Å². The monoisotopic (exact) mass is 193 g/mol. The Bertz CT molecular complexity index is 277. The normalized spacial score (nSPS) is 22.4. The molecule has 1 aliphatic rings. The Morgan fingerprint density at radius 1 is 1.50 bits per heavy atom. The Hall–Kier alpha value is -0.800. The quantitative estimate of drug-likeness (QED) is 0.739. The highest BCUT2D eigenvalue weighted by molar-refractivity contribution is 5.08. The first-order chi connectivity index (χ1) is 6.66. The van der Waals surface area contributed by atoms with Gasteiger partial charge in [-0.05, 0) is 25.5 Å². The predicted octanol–water partition coefficient (Wildman–Crippen LogP) is 1.20. The van der Waals surface area contributed by atoms with E-state index in [2.05, 4.69) is 41.3 Å². The third-order valence-electron chi connectivity index (χ3n) is 2.72. The second kappa shape index (κ2) is 3.75. The van der Waals surface area contributed by atoms with Crippen LogP contribution in [-0.4, -0.2) is 35.1 Å². The van der Waals surface area contributed by atoms with E-state index in [0.717, 1.165) is 26.2 Å². The summed E-state index contributed by atoms with van der Waals surface area (Å²) >= 11 is 0. The zero-order chi connectivity index (χ0) is 10.0. The first-order valence-corrected chi connectivity index (χ1v) is 5.25. The second-order valence-corrected chi connectivity index (χ2v) is 4.74. The molecule has 0 saturated carbocycles. The van der Waals surface area contributed by atoms with Crippen molar-refractivity contribution in [3.05, 3.63) is 24.0 Å². The lowest BCUT2D eigenvalue weighted by atomic mass is 10.0. The Labute approximate surface area is 85.5 Å². The molecule has 1 saturated heterocycles. The highest BCUT2D eigenvalue weighted by Crippen LogP contribution is 2.12. The minimum Gasteiger partial charge on any atom is -0.367 e. The van der Waals surface area contributed by atoms with Crippen molar-refractivity contribution in [2.75, 3.05) is 19.6 Å². The number of piperazine rings is 1. The van der Waals surface area contributed by atoms with E-state index in [0.29, 0.717) is 0 Å². The van der Waals surface area contributed by atoms with Crippen LogP contribution in [0.5, 0.6) is 0 Å². The van der Waals surface area contributed by atoms with Gasteiger partial charge in [0.05, 0.1) is 0 Å². The summed E-state index contributed by atoms with van der Waals surface area (Å²) in [5.74, 6) is 0. The van der Waals surface area contributed by atoms with Crippen molar-refractivity contribution in [2.45, 2.75) is 25.9 Å². The molecule has 1 aliphatic heterocycles. The molecule has 78 valence electrons. The molecule has 0 unspecified atom stereocenters. The average Bonchev–Trinajstić information content (AvgIpc) is 2.54. The fourth-order valence-electron chi connectivity index (χ4n) is 2.10. The van der Waals surface area contributed by atoms with Crippen molar-refractivity contribution in [1.82, 2.24) is 15.2 Å². The van der Waals surface area contributed by atoms with Crippen LogP contribution in [0.25, 0.3) is 0 Å². The topological polar surface area (TPSA) is 31.1 Å². The van der Waals surface area contributed by atoms with Gasteiger partial charge in [-0.25, -0.2) is 0 Å². The van der Waals surface area contributed by atoms with Crippen LogP contribution in [0.2, 0.25) is 0 Å². The van der Waals surface area contributed by atoms with Crippen molar-refractivity contribution >= 4 is 0 Å². The maximum atomic E-state index is 3.52. The van der Waals surface area contributed by atoms with Gasteiger partial charge in [0.15, 0.2) is 0 Å². The molecule has 2 rings (SSSR count). The van der Waals surface area contributed by atoms with E-state index in [4.69, 9.17) is 0 Å². The Morgan fingerprint density at radius 3 is 3.00 bits per heavy atom. The third kappa shape index (κ3) is 2.36. The van der Waals surface area contributed by atoms with Crippen LogP contribution in [0, 0.1) is 0 Å². The van der Waals surface area contributed by atoms with Gasteiger partial charge in [0, 0.05) is 44.1 Å². The highest BCUT2D eigenvalue weighted by atomic mass is 15.2. The Balaban J connectivity index is 1.92. The number of hydrogen-bond donors (Lipinski definition) is 2. The van der Waals surface area contributed by atoms with Crippen LogP contribution >= 0.6 is 0 Å². The summed E-state index contributed by atoms with van der Waals surface area (Å²) in [6.07, 6.45) is 4.07. The summed E-state index contributed by atoms with van der Waals surface area (Å²) < 4.78 is 0. The molecule has 0 spiro atoms. The number of hydrogen-bond acceptors (Lipinski definition) is 2. The Kier molecular flexibility index (Phi) is 2.61. The molecule has 14 heavy (non-hydrogen) atoms. The summed E-state index contributed by atoms with van der Waals surface area (Å²) in [6.45, 7) is 8.95. The van der Waals surface area contributed by atoms with E-state index >= 15 is 0 Å². The summed E-state index contributed by atoms with van der Waals surface area (Å²) in [5.41, 5.74) is 1.64. The van der Waals surface area contributed by atoms with E-state index in [-0.39, 0.29) is 5.54 Å². The van der Waals surface area contributed by atoms with Gasteiger partial charge in [-0.3, -0.25) is 4.90 Å². The molecule has 0 amide bonds. The minimum absolute atomic E-state index is 0.258. The molecular weight excluding hydrogens is 174 g/mol. The number of nitrogens with zero attached hydrogens (tertiary/aromatic N) is 1. The van der Waals surface area contributed by atoms with Crippen molar-refractivity contribution < 1.29 is 0 Å². The molecule has 2 heterocycles. The largest absolute Gasteiger partial charge is 0.367 e. The number of aromatic amines is 1. The SMILES string of the molecule is CC1(C)CN(Cc2cc[nH]c2)CCN1. The molecule has 0 aromatic carbocycles. The van der Waals surface area contributed by atoms with Gasteiger partial charge in [0.25, 0.3) is 0 Å². The van der Waals surface area contributed by atoms with Crippen LogP contribution in [0.15, 0.2) is 18.5 Å². The van der Waals surface area contributed by atoms with E-state index in [1.807, 2.05) is 6.20 Å². The number of H-pyrrole nitrogens is 1.